The zero-order chi connectivity index (χ0) is 19.2. The van der Waals surface area contributed by atoms with Crippen LogP contribution in [0.3, 0.4) is 0 Å². The number of piperazine rings is 1. The summed E-state index contributed by atoms with van der Waals surface area (Å²) < 4.78 is 0. The summed E-state index contributed by atoms with van der Waals surface area (Å²) in [6, 6.07) is 12.6. The van der Waals surface area contributed by atoms with E-state index in [-0.39, 0.29) is 0 Å². The van der Waals surface area contributed by atoms with Crippen molar-refractivity contribution in [3.8, 4) is 0 Å². The maximum absolute atomic E-state index is 2.77. The average Bonchev–Trinajstić information content (AvgIpc) is 2.75. The first kappa shape index (κ1) is 19.9. The first-order valence-electron chi connectivity index (χ1n) is 11.3. The van der Waals surface area contributed by atoms with Crippen molar-refractivity contribution in [2.75, 3.05) is 39.8 Å². The Hall–Kier alpha value is -1.42. The third-order valence-electron chi connectivity index (χ3n) is 6.92. The normalized spacial score (nSPS) is 27.1. The molecule has 0 atom stereocenters. The van der Waals surface area contributed by atoms with Gasteiger partial charge in [-0.1, -0.05) is 48.6 Å². The van der Waals surface area contributed by atoms with Gasteiger partial charge in [0.1, 0.15) is 0 Å². The van der Waals surface area contributed by atoms with E-state index in [1.54, 1.807) is 0 Å². The van der Waals surface area contributed by atoms with Crippen LogP contribution in [-0.4, -0.2) is 66.6 Å². The molecular weight excluding hydrogens is 342 g/mol. The van der Waals surface area contributed by atoms with Gasteiger partial charge < -0.3 is 4.90 Å². The number of benzene rings is 1. The first-order chi connectivity index (χ1) is 13.8. The highest BCUT2D eigenvalue weighted by atomic mass is 15.3. The predicted molar refractivity (Wildman–Crippen MR) is 118 cm³/mol. The van der Waals surface area contributed by atoms with Crippen molar-refractivity contribution in [2.24, 2.45) is 0 Å². The molecule has 1 saturated carbocycles. The van der Waals surface area contributed by atoms with Gasteiger partial charge in [-0.3, -0.25) is 9.80 Å². The molecule has 1 saturated heterocycles. The number of allylic oxidation sites excluding steroid dienone is 2. The maximum Gasteiger partial charge on any atom is 0.0240 e. The van der Waals surface area contributed by atoms with E-state index in [1.807, 2.05) is 0 Å². The van der Waals surface area contributed by atoms with Crippen LogP contribution in [-0.2, 0) is 6.54 Å². The summed E-state index contributed by atoms with van der Waals surface area (Å²) >= 11 is 0. The monoisotopic (exact) mass is 379 g/mol. The highest BCUT2D eigenvalue weighted by Crippen LogP contribution is 2.29. The molecule has 0 bridgehead atoms. The smallest absolute Gasteiger partial charge is 0.0240 e. The lowest BCUT2D eigenvalue weighted by atomic mass is 9.88. The van der Waals surface area contributed by atoms with Crippen LogP contribution < -0.4 is 0 Å². The van der Waals surface area contributed by atoms with Crippen molar-refractivity contribution >= 4 is 0 Å². The quantitative estimate of drug-likeness (QED) is 0.729. The average molecular weight is 380 g/mol. The number of hydrogen-bond donors (Lipinski definition) is 0. The van der Waals surface area contributed by atoms with Crippen molar-refractivity contribution in [2.45, 2.75) is 57.2 Å². The van der Waals surface area contributed by atoms with Gasteiger partial charge in [0.15, 0.2) is 0 Å². The highest BCUT2D eigenvalue weighted by Gasteiger charge is 2.30. The Morgan fingerprint density at radius 3 is 2.32 bits per heavy atom. The summed E-state index contributed by atoms with van der Waals surface area (Å²) in [7, 11) is 2.25. The van der Waals surface area contributed by atoms with Crippen molar-refractivity contribution in [3.63, 3.8) is 0 Å². The Morgan fingerprint density at radius 1 is 0.893 bits per heavy atom. The molecule has 2 fully saturated rings. The van der Waals surface area contributed by atoms with E-state index in [0.29, 0.717) is 0 Å². The van der Waals surface area contributed by atoms with Gasteiger partial charge in [0.25, 0.3) is 0 Å². The van der Waals surface area contributed by atoms with Gasteiger partial charge in [-0.05, 0) is 56.7 Å². The van der Waals surface area contributed by atoms with Gasteiger partial charge in [0, 0.05) is 51.4 Å². The summed E-state index contributed by atoms with van der Waals surface area (Å²) in [4.78, 5) is 8.00. The van der Waals surface area contributed by atoms with E-state index >= 15 is 0 Å². The van der Waals surface area contributed by atoms with Crippen LogP contribution in [0.1, 0.15) is 44.1 Å². The fraction of sp³-hybridized carbons (Fsp3) is 0.600. The molecule has 1 aromatic carbocycles. The number of rotatable bonds is 6. The Labute approximate surface area is 171 Å². The van der Waals surface area contributed by atoms with E-state index in [0.717, 1.165) is 25.2 Å². The minimum absolute atomic E-state index is 0.722. The molecule has 28 heavy (non-hydrogen) atoms. The molecule has 1 aliphatic heterocycles. The molecule has 1 aromatic rings. The fourth-order valence-electron chi connectivity index (χ4n) is 5.13. The van der Waals surface area contributed by atoms with Crippen LogP contribution in [0.2, 0.25) is 0 Å². The standard InChI is InChI=1S/C25H37N3/c1-26-16-18-27(19-17-26)24-12-14-25(15-13-24)28(20-22-8-4-2-5-9-22)21-23-10-6-3-7-11-23/h2,4-6,8-11,24-25H,3,7,12-21H2,1H3. The Bertz CT molecular complexity index is 650. The minimum atomic E-state index is 0.722. The second-order valence-corrected chi connectivity index (χ2v) is 8.95. The van der Waals surface area contributed by atoms with E-state index in [4.69, 9.17) is 0 Å². The van der Waals surface area contributed by atoms with Gasteiger partial charge >= 0.3 is 0 Å². The lowest BCUT2D eigenvalue weighted by molar-refractivity contribution is 0.0640. The Kier molecular flexibility index (Phi) is 7.00. The molecule has 2 aliphatic carbocycles. The lowest BCUT2D eigenvalue weighted by Gasteiger charge is -2.43. The number of nitrogens with zero attached hydrogens (tertiary/aromatic N) is 3. The molecule has 152 valence electrons. The first-order valence-corrected chi connectivity index (χ1v) is 11.3. The van der Waals surface area contributed by atoms with Crippen LogP contribution in [0, 0.1) is 0 Å². The molecule has 0 aromatic heterocycles. The molecule has 1 heterocycles. The van der Waals surface area contributed by atoms with Crippen molar-refractivity contribution < 1.29 is 0 Å². The van der Waals surface area contributed by atoms with Crippen LogP contribution in [0.15, 0.2) is 54.1 Å². The summed E-state index contributed by atoms with van der Waals surface area (Å²) in [6.07, 6.45) is 15.0. The summed E-state index contributed by atoms with van der Waals surface area (Å²) in [6.45, 7) is 7.18. The second-order valence-electron chi connectivity index (χ2n) is 8.95. The maximum atomic E-state index is 2.77. The number of likely N-dealkylation sites (N-methyl/N-ethyl adjacent to an activating group) is 1. The zero-order valence-electron chi connectivity index (χ0n) is 17.6. The van der Waals surface area contributed by atoms with E-state index < -0.39 is 0 Å². The van der Waals surface area contributed by atoms with E-state index in [2.05, 4.69) is 70.3 Å². The van der Waals surface area contributed by atoms with E-state index in [1.165, 1.54) is 75.8 Å². The third-order valence-corrected chi connectivity index (χ3v) is 6.92. The largest absolute Gasteiger partial charge is 0.304 e. The molecule has 0 radical (unpaired) electrons. The molecule has 0 spiro atoms. The summed E-state index contributed by atoms with van der Waals surface area (Å²) in [5, 5.41) is 0. The molecule has 3 nitrogen and oxygen atoms in total. The van der Waals surface area contributed by atoms with Crippen LogP contribution in [0.25, 0.3) is 0 Å². The van der Waals surface area contributed by atoms with Crippen LogP contribution in [0.5, 0.6) is 0 Å². The van der Waals surface area contributed by atoms with Crippen LogP contribution in [0.4, 0.5) is 0 Å². The van der Waals surface area contributed by atoms with Gasteiger partial charge in [-0.2, -0.15) is 0 Å². The van der Waals surface area contributed by atoms with Crippen molar-refractivity contribution in [1.29, 1.82) is 0 Å². The molecule has 0 amide bonds. The summed E-state index contributed by atoms with van der Waals surface area (Å²) in [5.41, 5.74) is 2.97. The molecular formula is C25H37N3. The minimum Gasteiger partial charge on any atom is -0.304 e. The predicted octanol–water partition coefficient (Wildman–Crippen LogP) is 4.32. The van der Waals surface area contributed by atoms with Gasteiger partial charge in [-0.25, -0.2) is 0 Å². The second kappa shape index (κ2) is 9.87. The van der Waals surface area contributed by atoms with Crippen molar-refractivity contribution in [1.82, 2.24) is 14.7 Å². The molecule has 0 N–H and O–H groups in total. The molecule has 0 unspecified atom stereocenters. The third kappa shape index (κ3) is 5.34. The topological polar surface area (TPSA) is 9.72 Å². The van der Waals surface area contributed by atoms with Crippen LogP contribution >= 0.6 is 0 Å². The van der Waals surface area contributed by atoms with Gasteiger partial charge in [0.05, 0.1) is 0 Å². The van der Waals surface area contributed by atoms with Gasteiger partial charge in [-0.15, -0.1) is 0 Å². The Balaban J connectivity index is 1.37. The summed E-state index contributed by atoms with van der Waals surface area (Å²) in [5.74, 6) is 0. The highest BCUT2D eigenvalue weighted by molar-refractivity contribution is 5.24. The molecule has 3 heteroatoms. The Morgan fingerprint density at radius 2 is 1.64 bits per heavy atom. The zero-order valence-corrected chi connectivity index (χ0v) is 17.6. The van der Waals surface area contributed by atoms with E-state index in [9.17, 15) is 0 Å². The molecule has 3 aliphatic rings. The lowest BCUT2D eigenvalue weighted by Crippen LogP contribution is -2.51. The SMILES string of the molecule is CN1CCN(C2CCC(N(CC3=CCCC=C3)Cc3ccccc3)CC2)CC1. The van der Waals surface area contributed by atoms with Gasteiger partial charge in [0.2, 0.25) is 0 Å². The number of hydrogen-bond acceptors (Lipinski definition) is 3. The fourth-order valence-corrected chi connectivity index (χ4v) is 5.13. The van der Waals surface area contributed by atoms with Crippen molar-refractivity contribution in [3.05, 3.63) is 59.7 Å². The molecule has 4 rings (SSSR count).